The van der Waals surface area contributed by atoms with Crippen LogP contribution in [0.2, 0.25) is 14.4 Å². The maximum Gasteiger partial charge on any atom is 0.231 e. The number of amides is 1. The van der Waals surface area contributed by atoms with Crippen molar-refractivity contribution in [2.75, 3.05) is 5.32 Å². The second kappa shape index (κ2) is 7.20. The molecule has 1 N–H and O–H groups in total. The molecule has 1 aromatic carbocycles. The predicted octanol–water partition coefficient (Wildman–Crippen LogP) is 6.01. The molecule has 0 aliphatic heterocycles. The zero-order valence-corrected chi connectivity index (χ0v) is 15.4. The highest BCUT2D eigenvalue weighted by Gasteiger charge is 2.12. The van der Waals surface area contributed by atoms with Gasteiger partial charge in [-0.15, -0.1) is 22.7 Å². The Labute approximate surface area is 155 Å². The van der Waals surface area contributed by atoms with E-state index < -0.39 is 0 Å². The molecule has 0 unspecified atom stereocenters. The highest BCUT2D eigenvalue weighted by atomic mass is 35.5. The molecule has 0 aliphatic rings. The molecule has 118 valence electrons. The third kappa shape index (κ3) is 4.25. The minimum atomic E-state index is -0.133. The van der Waals surface area contributed by atoms with Crippen LogP contribution in [0.1, 0.15) is 4.88 Å². The molecule has 3 nitrogen and oxygen atoms in total. The summed E-state index contributed by atoms with van der Waals surface area (Å²) < 4.78 is 0.668. The van der Waals surface area contributed by atoms with Crippen LogP contribution in [-0.4, -0.2) is 10.9 Å². The van der Waals surface area contributed by atoms with Gasteiger partial charge in [-0.25, -0.2) is 4.98 Å². The lowest BCUT2D eigenvalue weighted by Crippen LogP contribution is -2.13. The first-order chi connectivity index (χ1) is 11.0. The molecule has 0 atom stereocenters. The van der Waals surface area contributed by atoms with E-state index in [1.165, 1.54) is 22.7 Å². The molecule has 0 radical (unpaired) electrons. The van der Waals surface area contributed by atoms with Gasteiger partial charge in [0.05, 0.1) is 21.5 Å². The van der Waals surface area contributed by atoms with Crippen molar-refractivity contribution in [3.8, 4) is 11.3 Å². The maximum atomic E-state index is 12.0. The number of anilines is 1. The number of thiazole rings is 1. The number of carbonyl (C=O) groups excluding carboxylic acids is 1. The number of hydrogen-bond donors (Lipinski definition) is 1. The van der Waals surface area contributed by atoms with Crippen molar-refractivity contribution in [2.45, 2.75) is 6.42 Å². The van der Waals surface area contributed by atoms with Crippen LogP contribution >= 0.6 is 57.5 Å². The molecular formula is C15H9Cl3N2OS2. The van der Waals surface area contributed by atoms with Crippen molar-refractivity contribution in [3.05, 3.63) is 55.0 Å². The van der Waals surface area contributed by atoms with Crippen LogP contribution in [-0.2, 0) is 11.2 Å². The summed E-state index contributed by atoms with van der Waals surface area (Å²) in [6.45, 7) is 0. The maximum absolute atomic E-state index is 12.0. The van der Waals surface area contributed by atoms with Gasteiger partial charge in [-0.3, -0.25) is 4.79 Å². The van der Waals surface area contributed by atoms with Gasteiger partial charge in [0.25, 0.3) is 0 Å². The van der Waals surface area contributed by atoms with Gasteiger partial charge in [-0.05, 0) is 30.3 Å². The Morgan fingerprint density at radius 3 is 2.70 bits per heavy atom. The first kappa shape index (κ1) is 16.7. The first-order valence-corrected chi connectivity index (χ1v) is 9.29. The fourth-order valence-electron chi connectivity index (χ4n) is 1.92. The number of aromatic nitrogens is 1. The van der Waals surface area contributed by atoms with Crippen LogP contribution in [0.5, 0.6) is 0 Å². The Bertz CT molecular complexity index is 860. The van der Waals surface area contributed by atoms with Crippen molar-refractivity contribution in [2.24, 2.45) is 0 Å². The summed E-state index contributed by atoms with van der Waals surface area (Å²) >= 11 is 20.6. The van der Waals surface area contributed by atoms with Crippen LogP contribution in [0.15, 0.2) is 35.7 Å². The average molecular weight is 404 g/mol. The lowest BCUT2D eigenvalue weighted by atomic mass is 10.2. The van der Waals surface area contributed by atoms with Crippen LogP contribution in [0.3, 0.4) is 0 Å². The summed E-state index contributed by atoms with van der Waals surface area (Å²) in [5.74, 6) is -0.133. The lowest BCUT2D eigenvalue weighted by molar-refractivity contribution is -0.115. The summed E-state index contributed by atoms with van der Waals surface area (Å²) in [5, 5.41) is 6.24. The molecule has 3 aromatic rings. The number of thiophene rings is 1. The molecule has 23 heavy (non-hydrogen) atoms. The van der Waals surface area contributed by atoms with Crippen LogP contribution in [0, 0.1) is 0 Å². The van der Waals surface area contributed by atoms with E-state index in [1.807, 2.05) is 11.4 Å². The van der Waals surface area contributed by atoms with Gasteiger partial charge in [-0.2, -0.15) is 0 Å². The minimum Gasteiger partial charge on any atom is -0.302 e. The number of benzene rings is 1. The predicted molar refractivity (Wildman–Crippen MR) is 99.2 cm³/mol. The van der Waals surface area contributed by atoms with Crippen molar-refractivity contribution in [1.29, 1.82) is 0 Å². The Hall–Kier alpha value is -1.11. The van der Waals surface area contributed by atoms with Crippen molar-refractivity contribution >= 4 is 68.5 Å². The number of rotatable bonds is 4. The Morgan fingerprint density at radius 1 is 1.17 bits per heavy atom. The summed E-state index contributed by atoms with van der Waals surface area (Å²) in [5.41, 5.74) is 1.48. The summed E-state index contributed by atoms with van der Waals surface area (Å²) in [6.07, 6.45) is 0.272. The molecular weight excluding hydrogens is 395 g/mol. The Balaban J connectivity index is 1.70. The molecule has 0 spiro atoms. The molecule has 0 fully saturated rings. The second-order valence-electron chi connectivity index (χ2n) is 4.59. The van der Waals surface area contributed by atoms with Crippen molar-refractivity contribution in [3.63, 3.8) is 0 Å². The van der Waals surface area contributed by atoms with E-state index in [1.54, 1.807) is 24.3 Å². The standard InChI is InChI=1S/C15H9Cl3N2OS2/c16-8-1-3-10(11(17)5-8)12-7-22-15(19-12)20-14(21)6-9-2-4-13(18)23-9/h1-5,7H,6H2,(H,19,20,21). The summed E-state index contributed by atoms with van der Waals surface area (Å²) in [7, 11) is 0. The van der Waals surface area contributed by atoms with Crippen LogP contribution in [0.4, 0.5) is 5.13 Å². The Morgan fingerprint density at radius 2 is 2.00 bits per heavy atom. The number of halogens is 3. The topological polar surface area (TPSA) is 42.0 Å². The van der Waals surface area contributed by atoms with Crippen LogP contribution < -0.4 is 5.32 Å². The van der Waals surface area contributed by atoms with E-state index in [4.69, 9.17) is 34.8 Å². The van der Waals surface area contributed by atoms with Crippen molar-refractivity contribution < 1.29 is 4.79 Å². The van der Waals surface area contributed by atoms with E-state index >= 15 is 0 Å². The molecule has 0 aliphatic carbocycles. The fourth-order valence-corrected chi connectivity index (χ4v) is 4.24. The highest BCUT2D eigenvalue weighted by molar-refractivity contribution is 7.16. The molecule has 2 heterocycles. The number of hydrogen-bond acceptors (Lipinski definition) is 4. The molecule has 0 bridgehead atoms. The monoisotopic (exact) mass is 402 g/mol. The quantitative estimate of drug-likeness (QED) is 0.579. The average Bonchev–Trinajstić information content (AvgIpc) is 3.08. The zero-order chi connectivity index (χ0) is 16.4. The molecule has 2 aromatic heterocycles. The molecule has 0 saturated carbocycles. The summed E-state index contributed by atoms with van der Waals surface area (Å²) in [6, 6.07) is 8.84. The molecule has 1 amide bonds. The van der Waals surface area contributed by atoms with Gasteiger partial charge in [0.15, 0.2) is 5.13 Å². The van der Waals surface area contributed by atoms with Gasteiger partial charge < -0.3 is 5.32 Å². The van der Waals surface area contributed by atoms with Gasteiger partial charge in [-0.1, -0.05) is 34.8 Å². The number of nitrogens with one attached hydrogen (secondary N) is 1. The lowest BCUT2D eigenvalue weighted by Gasteiger charge is -2.01. The summed E-state index contributed by atoms with van der Waals surface area (Å²) in [4.78, 5) is 17.3. The van der Waals surface area contributed by atoms with Gasteiger partial charge in [0.1, 0.15) is 0 Å². The van der Waals surface area contributed by atoms with Crippen molar-refractivity contribution in [1.82, 2.24) is 4.98 Å². The number of nitrogens with zero attached hydrogens (tertiary/aromatic N) is 1. The number of carbonyl (C=O) groups is 1. The largest absolute Gasteiger partial charge is 0.302 e. The van der Waals surface area contributed by atoms with E-state index in [2.05, 4.69) is 10.3 Å². The van der Waals surface area contributed by atoms with E-state index in [-0.39, 0.29) is 12.3 Å². The van der Waals surface area contributed by atoms with E-state index in [0.717, 1.165) is 10.4 Å². The normalized spacial score (nSPS) is 10.7. The second-order valence-corrected chi connectivity index (χ2v) is 8.09. The highest BCUT2D eigenvalue weighted by Crippen LogP contribution is 2.32. The third-order valence-corrected chi connectivity index (χ3v) is 5.46. The SMILES string of the molecule is O=C(Cc1ccc(Cl)s1)Nc1nc(-c2ccc(Cl)cc2Cl)cs1. The smallest absolute Gasteiger partial charge is 0.231 e. The van der Waals surface area contributed by atoms with E-state index in [0.29, 0.717) is 25.2 Å². The van der Waals surface area contributed by atoms with Gasteiger partial charge in [0.2, 0.25) is 5.91 Å². The van der Waals surface area contributed by atoms with E-state index in [9.17, 15) is 4.79 Å². The third-order valence-electron chi connectivity index (χ3n) is 2.92. The zero-order valence-electron chi connectivity index (χ0n) is 11.5. The minimum absolute atomic E-state index is 0.133. The first-order valence-electron chi connectivity index (χ1n) is 6.46. The Kier molecular flexibility index (Phi) is 5.24. The molecule has 0 saturated heterocycles. The molecule has 8 heteroatoms. The fraction of sp³-hybridized carbons (Fsp3) is 0.0667. The van der Waals surface area contributed by atoms with Crippen LogP contribution in [0.25, 0.3) is 11.3 Å². The molecule has 3 rings (SSSR count). The van der Waals surface area contributed by atoms with Gasteiger partial charge >= 0.3 is 0 Å². The van der Waals surface area contributed by atoms with Gasteiger partial charge in [0, 0.05) is 20.8 Å².